The van der Waals surface area contributed by atoms with Crippen LogP contribution in [0.1, 0.15) is 26.7 Å². The van der Waals surface area contributed by atoms with Gasteiger partial charge in [-0.05, 0) is 44.8 Å². The van der Waals surface area contributed by atoms with Gasteiger partial charge in [-0.1, -0.05) is 6.92 Å². The van der Waals surface area contributed by atoms with Gasteiger partial charge in [-0.3, -0.25) is 0 Å². The molecule has 0 radical (unpaired) electrons. The molecule has 0 aromatic rings. The Labute approximate surface area is 80.9 Å². The molecule has 1 heterocycles. The van der Waals surface area contributed by atoms with Gasteiger partial charge in [0.15, 0.2) is 0 Å². The van der Waals surface area contributed by atoms with Crippen molar-refractivity contribution in [2.24, 2.45) is 11.1 Å². The first-order valence-electron chi connectivity index (χ1n) is 5.16. The van der Waals surface area contributed by atoms with Crippen molar-refractivity contribution in [2.75, 3.05) is 26.2 Å². The summed E-state index contributed by atoms with van der Waals surface area (Å²) in [6.07, 6.45) is 2.12. The van der Waals surface area contributed by atoms with E-state index in [9.17, 15) is 5.11 Å². The van der Waals surface area contributed by atoms with E-state index in [0.29, 0.717) is 5.41 Å². The van der Waals surface area contributed by atoms with E-state index in [1.54, 1.807) is 0 Å². The molecule has 1 atom stereocenters. The number of aliphatic hydroxyl groups is 1. The van der Waals surface area contributed by atoms with Crippen molar-refractivity contribution in [3.8, 4) is 0 Å². The molecule has 1 rings (SSSR count). The minimum absolute atomic E-state index is 0.206. The summed E-state index contributed by atoms with van der Waals surface area (Å²) in [7, 11) is 0. The summed E-state index contributed by atoms with van der Waals surface area (Å²) in [5, 5.41) is 9.23. The van der Waals surface area contributed by atoms with Crippen LogP contribution in [0.5, 0.6) is 0 Å². The van der Waals surface area contributed by atoms with Crippen LogP contribution in [-0.2, 0) is 0 Å². The third-order valence-corrected chi connectivity index (χ3v) is 3.08. The highest BCUT2D eigenvalue weighted by Crippen LogP contribution is 2.29. The lowest BCUT2D eigenvalue weighted by molar-refractivity contribution is 0.0750. The average Bonchev–Trinajstić information content (AvgIpc) is 2.09. The number of nitrogens with two attached hydrogens (primary N) is 1. The van der Waals surface area contributed by atoms with Crippen LogP contribution >= 0.6 is 0 Å². The number of hydrogen-bond acceptors (Lipinski definition) is 3. The third kappa shape index (κ3) is 3.25. The zero-order chi connectivity index (χ0) is 9.90. The number of hydrogen-bond donors (Lipinski definition) is 2. The molecule has 3 N–H and O–H groups in total. The number of piperidine rings is 1. The van der Waals surface area contributed by atoms with E-state index in [-0.39, 0.29) is 6.10 Å². The van der Waals surface area contributed by atoms with Gasteiger partial charge >= 0.3 is 0 Å². The second kappa shape index (κ2) is 4.40. The SMILES string of the molecule is CC(O)CN1CCC(C)(CN)CC1. The second-order valence-electron chi connectivity index (χ2n) is 4.66. The minimum atomic E-state index is -0.206. The molecule has 3 heteroatoms. The summed E-state index contributed by atoms with van der Waals surface area (Å²) in [5.41, 5.74) is 6.06. The Morgan fingerprint density at radius 1 is 1.46 bits per heavy atom. The fourth-order valence-electron chi connectivity index (χ4n) is 1.85. The van der Waals surface area contributed by atoms with Crippen molar-refractivity contribution in [1.82, 2.24) is 4.90 Å². The summed E-state index contributed by atoms with van der Waals surface area (Å²) in [6.45, 7) is 7.86. The lowest BCUT2D eigenvalue weighted by Crippen LogP contribution is -2.44. The fraction of sp³-hybridized carbons (Fsp3) is 1.00. The molecule has 0 bridgehead atoms. The van der Waals surface area contributed by atoms with Crippen LogP contribution in [0.2, 0.25) is 0 Å². The smallest absolute Gasteiger partial charge is 0.0639 e. The Balaban J connectivity index is 2.30. The van der Waals surface area contributed by atoms with Crippen LogP contribution < -0.4 is 5.73 Å². The molecule has 78 valence electrons. The summed E-state index contributed by atoms with van der Waals surface area (Å²) in [4.78, 5) is 2.32. The third-order valence-electron chi connectivity index (χ3n) is 3.08. The molecular formula is C10H22N2O. The largest absolute Gasteiger partial charge is 0.392 e. The van der Waals surface area contributed by atoms with E-state index in [1.807, 2.05) is 6.92 Å². The predicted molar refractivity (Wildman–Crippen MR) is 54.5 cm³/mol. The standard InChI is InChI=1S/C10H22N2O/c1-9(13)7-12-5-3-10(2,8-11)4-6-12/h9,13H,3-8,11H2,1-2H3. The molecule has 1 aliphatic heterocycles. The Bertz CT molecular complexity index is 151. The van der Waals surface area contributed by atoms with Gasteiger partial charge in [0.05, 0.1) is 6.10 Å². The predicted octanol–water partition coefficient (Wildman–Crippen LogP) is 0.428. The number of nitrogens with zero attached hydrogens (tertiary/aromatic N) is 1. The highest BCUT2D eigenvalue weighted by Gasteiger charge is 2.28. The van der Waals surface area contributed by atoms with Crippen molar-refractivity contribution in [3.63, 3.8) is 0 Å². The van der Waals surface area contributed by atoms with Crippen LogP contribution in [0.15, 0.2) is 0 Å². The normalized spacial score (nSPS) is 25.8. The van der Waals surface area contributed by atoms with Crippen LogP contribution in [0, 0.1) is 5.41 Å². The monoisotopic (exact) mass is 186 g/mol. The van der Waals surface area contributed by atoms with Gasteiger partial charge < -0.3 is 15.7 Å². The Morgan fingerprint density at radius 2 is 2.00 bits per heavy atom. The number of rotatable bonds is 3. The van der Waals surface area contributed by atoms with E-state index in [4.69, 9.17) is 5.73 Å². The second-order valence-corrected chi connectivity index (χ2v) is 4.66. The molecule has 0 amide bonds. The van der Waals surface area contributed by atoms with Gasteiger partial charge in [-0.15, -0.1) is 0 Å². The molecule has 1 saturated heterocycles. The molecular weight excluding hydrogens is 164 g/mol. The maximum atomic E-state index is 9.23. The highest BCUT2D eigenvalue weighted by atomic mass is 16.3. The van der Waals surface area contributed by atoms with Crippen LogP contribution in [0.25, 0.3) is 0 Å². The van der Waals surface area contributed by atoms with E-state index in [1.165, 1.54) is 0 Å². The van der Waals surface area contributed by atoms with Crippen LogP contribution in [-0.4, -0.2) is 42.3 Å². The van der Waals surface area contributed by atoms with Gasteiger partial charge in [0, 0.05) is 6.54 Å². The summed E-state index contributed by atoms with van der Waals surface area (Å²) < 4.78 is 0. The molecule has 0 spiro atoms. The quantitative estimate of drug-likeness (QED) is 0.672. The van der Waals surface area contributed by atoms with E-state index < -0.39 is 0 Å². The highest BCUT2D eigenvalue weighted by molar-refractivity contribution is 4.83. The van der Waals surface area contributed by atoms with Gasteiger partial charge in [0.1, 0.15) is 0 Å². The van der Waals surface area contributed by atoms with E-state index in [2.05, 4.69) is 11.8 Å². The Kier molecular flexibility index (Phi) is 3.71. The lowest BCUT2D eigenvalue weighted by atomic mass is 9.80. The van der Waals surface area contributed by atoms with Crippen molar-refractivity contribution in [3.05, 3.63) is 0 Å². The molecule has 1 fully saturated rings. The number of β-amino-alcohol motifs (C(OH)–C–C–N with tert-alkyl or cyclic N) is 1. The van der Waals surface area contributed by atoms with E-state index in [0.717, 1.165) is 39.0 Å². The van der Waals surface area contributed by atoms with Crippen molar-refractivity contribution in [1.29, 1.82) is 0 Å². The molecule has 1 aliphatic rings. The van der Waals surface area contributed by atoms with Crippen molar-refractivity contribution in [2.45, 2.75) is 32.8 Å². The lowest BCUT2D eigenvalue weighted by Gasteiger charge is -2.39. The first-order valence-corrected chi connectivity index (χ1v) is 5.16. The molecule has 0 aliphatic carbocycles. The van der Waals surface area contributed by atoms with Crippen molar-refractivity contribution >= 4 is 0 Å². The first-order chi connectivity index (χ1) is 6.06. The molecule has 1 unspecified atom stereocenters. The Hall–Kier alpha value is -0.120. The van der Waals surface area contributed by atoms with Gasteiger partial charge in [-0.25, -0.2) is 0 Å². The summed E-state index contributed by atoms with van der Waals surface area (Å²) >= 11 is 0. The summed E-state index contributed by atoms with van der Waals surface area (Å²) in [6, 6.07) is 0. The van der Waals surface area contributed by atoms with E-state index >= 15 is 0 Å². The zero-order valence-electron chi connectivity index (χ0n) is 8.79. The zero-order valence-corrected chi connectivity index (χ0v) is 8.79. The number of aliphatic hydroxyl groups excluding tert-OH is 1. The van der Waals surface area contributed by atoms with Crippen LogP contribution in [0.3, 0.4) is 0 Å². The molecule has 0 saturated carbocycles. The van der Waals surface area contributed by atoms with Crippen LogP contribution in [0.4, 0.5) is 0 Å². The molecule has 0 aromatic heterocycles. The fourth-order valence-corrected chi connectivity index (χ4v) is 1.85. The van der Waals surface area contributed by atoms with Gasteiger partial charge in [0.25, 0.3) is 0 Å². The summed E-state index contributed by atoms with van der Waals surface area (Å²) in [5.74, 6) is 0. The van der Waals surface area contributed by atoms with Gasteiger partial charge in [-0.2, -0.15) is 0 Å². The van der Waals surface area contributed by atoms with Crippen molar-refractivity contribution < 1.29 is 5.11 Å². The molecule has 0 aromatic carbocycles. The maximum absolute atomic E-state index is 9.23. The topological polar surface area (TPSA) is 49.5 Å². The number of likely N-dealkylation sites (tertiary alicyclic amines) is 1. The van der Waals surface area contributed by atoms with Gasteiger partial charge in [0.2, 0.25) is 0 Å². The maximum Gasteiger partial charge on any atom is 0.0639 e. The minimum Gasteiger partial charge on any atom is -0.392 e. The Morgan fingerprint density at radius 3 is 2.38 bits per heavy atom. The molecule has 3 nitrogen and oxygen atoms in total. The average molecular weight is 186 g/mol. The molecule has 13 heavy (non-hydrogen) atoms. The first kappa shape index (κ1) is 11.0.